The second-order valence-electron chi connectivity index (χ2n) is 5.91. The van der Waals surface area contributed by atoms with Gasteiger partial charge >= 0.3 is 5.97 Å². The summed E-state index contributed by atoms with van der Waals surface area (Å²) in [5, 5.41) is 9.22. The zero-order valence-electron chi connectivity index (χ0n) is 12.8. The first-order valence-corrected chi connectivity index (χ1v) is 7.78. The van der Waals surface area contributed by atoms with Crippen molar-refractivity contribution in [3.8, 4) is 0 Å². The fourth-order valence-corrected chi connectivity index (χ4v) is 3.31. The number of hydrogen-bond acceptors (Lipinski definition) is 5. The van der Waals surface area contributed by atoms with E-state index in [4.69, 9.17) is 4.74 Å². The summed E-state index contributed by atoms with van der Waals surface area (Å²) in [5.41, 5.74) is 5.13. The maximum Gasteiger partial charge on any atom is 0.310 e. The fourth-order valence-electron chi connectivity index (χ4n) is 3.31. The zero-order chi connectivity index (χ0) is 16.7. The average molecular weight is 326 g/mol. The van der Waals surface area contributed by atoms with Crippen molar-refractivity contribution < 1.29 is 19.0 Å². The third-order valence-corrected chi connectivity index (χ3v) is 4.37. The molecule has 0 radical (unpaired) electrons. The molecule has 0 aliphatic carbocycles. The van der Waals surface area contributed by atoms with Crippen molar-refractivity contribution in [1.29, 1.82) is 0 Å². The number of aromatic nitrogens is 1. The largest absolute Gasteiger partial charge is 0.457 e. The first-order valence-electron chi connectivity index (χ1n) is 7.78. The van der Waals surface area contributed by atoms with Crippen molar-refractivity contribution in [2.75, 3.05) is 6.61 Å². The molecule has 2 aliphatic heterocycles. The van der Waals surface area contributed by atoms with Crippen molar-refractivity contribution in [3.05, 3.63) is 64.2 Å². The number of carbonyl (C=O) groups excluding carboxylic acids is 1. The summed E-state index contributed by atoms with van der Waals surface area (Å²) in [6.07, 6.45) is 1.55. The van der Waals surface area contributed by atoms with Crippen LogP contribution in [0.25, 0.3) is 0 Å². The molecule has 3 heterocycles. The van der Waals surface area contributed by atoms with Gasteiger partial charge in [0.25, 0.3) is 0 Å². The van der Waals surface area contributed by atoms with E-state index in [1.165, 1.54) is 12.3 Å². The lowest BCUT2D eigenvalue weighted by molar-refractivity contribution is -0.151. The molecule has 1 aromatic heterocycles. The molecule has 0 spiro atoms. The van der Waals surface area contributed by atoms with Crippen molar-refractivity contribution in [2.24, 2.45) is 4.99 Å². The van der Waals surface area contributed by atoms with Crippen molar-refractivity contribution in [3.63, 3.8) is 0 Å². The van der Waals surface area contributed by atoms with Crippen LogP contribution in [0.1, 0.15) is 40.3 Å². The van der Waals surface area contributed by atoms with Crippen molar-refractivity contribution in [1.82, 2.24) is 4.98 Å². The number of fused-ring (bicyclic) bond motifs is 2. The second-order valence-corrected chi connectivity index (χ2v) is 5.91. The van der Waals surface area contributed by atoms with E-state index in [0.29, 0.717) is 24.2 Å². The number of aliphatic hydroxyl groups excluding tert-OH is 1. The Labute approximate surface area is 137 Å². The van der Waals surface area contributed by atoms with Crippen LogP contribution in [-0.4, -0.2) is 28.4 Å². The SMILES string of the molecule is O=C1Cc2cc3c(cc2C(CCO)O1)C(c1ccnc(F)c1)=NC3. The van der Waals surface area contributed by atoms with E-state index in [2.05, 4.69) is 9.98 Å². The van der Waals surface area contributed by atoms with Gasteiger partial charge < -0.3 is 9.84 Å². The number of nitrogens with zero attached hydrogens (tertiary/aromatic N) is 2. The van der Waals surface area contributed by atoms with Crippen LogP contribution in [0.3, 0.4) is 0 Å². The highest BCUT2D eigenvalue weighted by Gasteiger charge is 2.29. The topological polar surface area (TPSA) is 71.8 Å². The lowest BCUT2D eigenvalue weighted by Gasteiger charge is -2.26. The van der Waals surface area contributed by atoms with Gasteiger partial charge in [0.15, 0.2) is 0 Å². The van der Waals surface area contributed by atoms with Crippen LogP contribution in [0.15, 0.2) is 35.5 Å². The molecule has 0 bridgehead atoms. The highest BCUT2D eigenvalue weighted by atomic mass is 19.1. The molecule has 24 heavy (non-hydrogen) atoms. The number of halogens is 1. The highest BCUT2D eigenvalue weighted by molar-refractivity contribution is 6.15. The summed E-state index contributed by atoms with van der Waals surface area (Å²) in [6, 6.07) is 7.02. The first-order chi connectivity index (χ1) is 11.7. The number of benzene rings is 1. The maximum atomic E-state index is 13.4. The van der Waals surface area contributed by atoms with E-state index in [1.54, 1.807) is 6.07 Å². The molecule has 2 aliphatic rings. The van der Waals surface area contributed by atoms with Crippen LogP contribution in [-0.2, 0) is 22.5 Å². The number of esters is 1. The molecule has 5 nitrogen and oxygen atoms in total. The molecule has 0 saturated heterocycles. The molecule has 4 rings (SSSR count). The summed E-state index contributed by atoms with van der Waals surface area (Å²) < 4.78 is 18.8. The Hall–Kier alpha value is -2.60. The molecule has 0 amide bonds. The van der Waals surface area contributed by atoms with Gasteiger partial charge in [0, 0.05) is 36.4 Å². The molecular formula is C18H15FN2O3. The summed E-state index contributed by atoms with van der Waals surface area (Å²) in [5.74, 6) is -0.829. The predicted octanol–water partition coefficient (Wildman–Crippen LogP) is 2.09. The van der Waals surface area contributed by atoms with Gasteiger partial charge in [-0.15, -0.1) is 0 Å². The Bertz CT molecular complexity index is 863. The minimum atomic E-state index is -0.548. The monoisotopic (exact) mass is 326 g/mol. The van der Waals surface area contributed by atoms with Gasteiger partial charge in [-0.25, -0.2) is 4.98 Å². The summed E-state index contributed by atoms with van der Waals surface area (Å²) >= 11 is 0. The summed E-state index contributed by atoms with van der Waals surface area (Å²) in [4.78, 5) is 19.9. The van der Waals surface area contributed by atoms with Crippen LogP contribution >= 0.6 is 0 Å². The smallest absolute Gasteiger partial charge is 0.310 e. The molecule has 122 valence electrons. The van der Waals surface area contributed by atoms with Gasteiger partial charge in [-0.2, -0.15) is 4.39 Å². The zero-order valence-corrected chi connectivity index (χ0v) is 12.8. The second kappa shape index (κ2) is 5.79. The van der Waals surface area contributed by atoms with Gasteiger partial charge in [0.05, 0.1) is 18.7 Å². The number of rotatable bonds is 3. The number of cyclic esters (lactones) is 1. The van der Waals surface area contributed by atoms with Crippen molar-refractivity contribution in [2.45, 2.75) is 25.5 Å². The number of hydrogen-bond donors (Lipinski definition) is 1. The normalized spacial score (nSPS) is 18.7. The molecule has 2 aromatic rings. The minimum Gasteiger partial charge on any atom is -0.457 e. The number of aliphatic hydroxyl groups is 1. The first kappa shape index (κ1) is 15.0. The van der Waals surface area contributed by atoms with E-state index in [0.717, 1.165) is 22.3 Å². The van der Waals surface area contributed by atoms with Gasteiger partial charge in [0.2, 0.25) is 5.95 Å². The van der Waals surface area contributed by atoms with Gasteiger partial charge in [-0.1, -0.05) is 6.07 Å². The molecular weight excluding hydrogens is 311 g/mol. The fraction of sp³-hybridized carbons (Fsp3) is 0.278. The summed E-state index contributed by atoms with van der Waals surface area (Å²) in [6.45, 7) is 0.437. The molecule has 0 fully saturated rings. The minimum absolute atomic E-state index is 0.0645. The molecule has 1 N–H and O–H groups in total. The Morgan fingerprint density at radius 2 is 2.17 bits per heavy atom. The average Bonchev–Trinajstić information content (AvgIpc) is 2.96. The number of ether oxygens (including phenoxy) is 1. The quantitative estimate of drug-likeness (QED) is 0.692. The van der Waals surface area contributed by atoms with E-state index >= 15 is 0 Å². The van der Waals surface area contributed by atoms with Gasteiger partial charge in [-0.05, 0) is 28.8 Å². The van der Waals surface area contributed by atoms with Crippen LogP contribution in [0.2, 0.25) is 0 Å². The third-order valence-electron chi connectivity index (χ3n) is 4.37. The van der Waals surface area contributed by atoms with E-state index in [1.807, 2.05) is 12.1 Å². The van der Waals surface area contributed by atoms with Gasteiger partial charge in [0.1, 0.15) is 6.10 Å². The molecule has 1 atom stereocenters. The van der Waals surface area contributed by atoms with Crippen LogP contribution < -0.4 is 0 Å². The Kier molecular flexibility index (Phi) is 3.61. The molecule has 6 heteroatoms. The van der Waals surface area contributed by atoms with E-state index in [-0.39, 0.29) is 19.0 Å². The predicted molar refractivity (Wildman–Crippen MR) is 84.2 cm³/mol. The number of aliphatic imine (C=N–C) groups is 1. The Morgan fingerprint density at radius 3 is 2.96 bits per heavy atom. The van der Waals surface area contributed by atoms with E-state index < -0.39 is 12.1 Å². The van der Waals surface area contributed by atoms with E-state index in [9.17, 15) is 14.3 Å². The van der Waals surface area contributed by atoms with Crippen LogP contribution in [0.5, 0.6) is 0 Å². The van der Waals surface area contributed by atoms with Crippen molar-refractivity contribution >= 4 is 11.7 Å². The summed E-state index contributed by atoms with van der Waals surface area (Å²) in [7, 11) is 0. The molecule has 1 unspecified atom stereocenters. The molecule has 1 aromatic carbocycles. The van der Waals surface area contributed by atoms with Crippen LogP contribution in [0, 0.1) is 5.95 Å². The lowest BCUT2D eigenvalue weighted by atomic mass is 9.89. The Balaban J connectivity index is 1.79. The Morgan fingerprint density at radius 1 is 1.29 bits per heavy atom. The number of carbonyl (C=O) groups is 1. The van der Waals surface area contributed by atoms with Crippen LogP contribution in [0.4, 0.5) is 4.39 Å². The molecule has 0 saturated carbocycles. The number of pyridine rings is 1. The maximum absolute atomic E-state index is 13.4. The standard InChI is InChI=1S/C18H15FN2O3/c19-16-6-10(1-3-20-16)18-14-8-13-11(5-12(14)9-21-18)7-17(23)24-15(13)2-4-22/h1,3,5-6,8,15,22H,2,4,7,9H2. The van der Waals surface area contributed by atoms with Gasteiger partial charge in [-0.3, -0.25) is 9.79 Å². The third kappa shape index (κ3) is 2.49. The lowest BCUT2D eigenvalue weighted by Crippen LogP contribution is -2.23. The highest BCUT2D eigenvalue weighted by Crippen LogP contribution is 2.35.